The van der Waals surface area contributed by atoms with Crippen LogP contribution in [0.5, 0.6) is 5.75 Å². The zero-order valence-electron chi connectivity index (χ0n) is 10.4. The summed E-state index contributed by atoms with van der Waals surface area (Å²) in [4.78, 5) is 7.65. The molecule has 0 fully saturated rings. The maximum absolute atomic E-state index is 13.1. The van der Waals surface area contributed by atoms with Gasteiger partial charge in [-0.1, -0.05) is 11.6 Å². The summed E-state index contributed by atoms with van der Waals surface area (Å²) in [5, 5.41) is 27.7. The predicted molar refractivity (Wildman–Crippen MR) is 73.8 cm³/mol. The molecule has 0 atom stereocenters. The maximum Gasteiger partial charge on any atom is 0.183 e. The smallest absolute Gasteiger partial charge is 0.183 e. The van der Waals surface area contributed by atoms with Crippen molar-refractivity contribution < 1.29 is 9.50 Å². The molecule has 2 rings (SSSR count). The molecule has 0 radical (unpaired) electrons. The van der Waals surface area contributed by atoms with E-state index in [2.05, 4.69) is 9.98 Å². The Balaban J connectivity index is 2.55. The standard InChI is InChI=1S/C14H6ClFN4O/c15-10-5-8(1-2-11(10)16)20-12(6-17)9-3-4-19-13(7-18)14(9)21/h1-5,21H. The van der Waals surface area contributed by atoms with Gasteiger partial charge in [0.15, 0.2) is 17.2 Å². The van der Waals surface area contributed by atoms with E-state index in [9.17, 15) is 9.50 Å². The largest absolute Gasteiger partial charge is 0.504 e. The van der Waals surface area contributed by atoms with E-state index in [1.807, 2.05) is 6.07 Å². The second kappa shape index (κ2) is 6.00. The second-order valence-corrected chi connectivity index (χ2v) is 4.25. The van der Waals surface area contributed by atoms with Gasteiger partial charge >= 0.3 is 0 Å². The monoisotopic (exact) mass is 300 g/mol. The fourth-order valence-corrected chi connectivity index (χ4v) is 1.73. The molecule has 0 saturated heterocycles. The number of rotatable bonds is 2. The molecule has 0 aliphatic rings. The molecule has 0 aliphatic carbocycles. The van der Waals surface area contributed by atoms with Crippen molar-refractivity contribution in [2.45, 2.75) is 0 Å². The minimum atomic E-state index is -0.604. The highest BCUT2D eigenvalue weighted by Gasteiger charge is 2.13. The number of nitriles is 2. The van der Waals surface area contributed by atoms with Crippen LogP contribution in [0.3, 0.4) is 0 Å². The predicted octanol–water partition coefficient (Wildman–Crippen LogP) is 3.10. The number of halogens is 2. The number of aliphatic imine (C=N–C) groups is 1. The van der Waals surface area contributed by atoms with Gasteiger partial charge in [-0.2, -0.15) is 10.5 Å². The zero-order chi connectivity index (χ0) is 15.4. The highest BCUT2D eigenvalue weighted by atomic mass is 35.5. The number of hydrogen-bond acceptors (Lipinski definition) is 5. The maximum atomic E-state index is 13.1. The molecule has 7 heteroatoms. The van der Waals surface area contributed by atoms with Crippen LogP contribution in [0.4, 0.5) is 10.1 Å². The first-order valence-corrected chi connectivity index (χ1v) is 5.97. The first-order valence-electron chi connectivity index (χ1n) is 5.59. The Labute approximate surface area is 124 Å². The van der Waals surface area contributed by atoms with Gasteiger partial charge in [-0.05, 0) is 24.3 Å². The van der Waals surface area contributed by atoms with Crippen molar-refractivity contribution in [3.63, 3.8) is 0 Å². The number of aromatic nitrogens is 1. The summed E-state index contributed by atoms with van der Waals surface area (Å²) < 4.78 is 13.1. The van der Waals surface area contributed by atoms with Gasteiger partial charge in [0.2, 0.25) is 0 Å². The lowest BCUT2D eigenvalue weighted by Gasteiger charge is -2.03. The summed E-state index contributed by atoms with van der Waals surface area (Å²) in [5.41, 5.74) is -0.0566. The molecule has 2 aromatic rings. The van der Waals surface area contributed by atoms with Crippen LogP contribution in [0, 0.1) is 28.5 Å². The number of aromatic hydroxyl groups is 1. The quantitative estimate of drug-likeness (QED) is 0.862. The SMILES string of the molecule is N#CC(=Nc1ccc(F)c(Cl)c1)c1ccnc(C#N)c1O. The van der Waals surface area contributed by atoms with Gasteiger partial charge in [0.05, 0.1) is 16.3 Å². The van der Waals surface area contributed by atoms with Gasteiger partial charge in [0, 0.05) is 6.20 Å². The Hall–Kier alpha value is -2.96. The van der Waals surface area contributed by atoms with Gasteiger partial charge in [0.25, 0.3) is 0 Å². The van der Waals surface area contributed by atoms with E-state index in [1.54, 1.807) is 6.07 Å². The molecule has 0 unspecified atom stereocenters. The molecule has 21 heavy (non-hydrogen) atoms. The number of hydrogen-bond donors (Lipinski definition) is 1. The molecule has 102 valence electrons. The van der Waals surface area contributed by atoms with Crippen molar-refractivity contribution in [3.8, 4) is 17.9 Å². The minimum absolute atomic E-state index is 0.0597. The molecular formula is C14H6ClFN4O. The van der Waals surface area contributed by atoms with E-state index >= 15 is 0 Å². The normalized spacial score (nSPS) is 10.8. The zero-order valence-corrected chi connectivity index (χ0v) is 11.1. The van der Waals surface area contributed by atoms with E-state index in [4.69, 9.17) is 22.1 Å². The Morgan fingerprint density at radius 3 is 2.71 bits per heavy atom. The summed E-state index contributed by atoms with van der Waals surface area (Å²) in [6.07, 6.45) is 1.28. The van der Waals surface area contributed by atoms with Crippen LogP contribution < -0.4 is 0 Å². The molecular weight excluding hydrogens is 295 g/mol. The third kappa shape index (κ3) is 2.97. The van der Waals surface area contributed by atoms with Gasteiger partial charge in [-0.3, -0.25) is 0 Å². The Bertz CT molecular complexity index is 821. The van der Waals surface area contributed by atoms with E-state index in [0.29, 0.717) is 0 Å². The fraction of sp³-hybridized carbons (Fsp3) is 0. The highest BCUT2D eigenvalue weighted by Crippen LogP contribution is 2.25. The lowest BCUT2D eigenvalue weighted by atomic mass is 10.1. The van der Waals surface area contributed by atoms with E-state index < -0.39 is 11.6 Å². The summed E-state index contributed by atoms with van der Waals surface area (Å²) >= 11 is 5.64. The van der Waals surface area contributed by atoms with Gasteiger partial charge < -0.3 is 5.11 Å². The van der Waals surface area contributed by atoms with Crippen molar-refractivity contribution in [2.75, 3.05) is 0 Å². The number of nitrogens with zero attached hydrogens (tertiary/aromatic N) is 4. The topological polar surface area (TPSA) is 93.1 Å². The molecule has 1 aromatic carbocycles. The van der Waals surface area contributed by atoms with Gasteiger partial charge in [0.1, 0.15) is 18.0 Å². The molecule has 0 bridgehead atoms. The molecule has 0 aliphatic heterocycles. The molecule has 0 spiro atoms. The Morgan fingerprint density at radius 1 is 1.33 bits per heavy atom. The molecule has 5 nitrogen and oxygen atoms in total. The van der Waals surface area contributed by atoms with Crippen molar-refractivity contribution in [3.05, 3.63) is 52.6 Å². The summed E-state index contributed by atoms with van der Waals surface area (Å²) in [7, 11) is 0. The van der Waals surface area contributed by atoms with Crippen LogP contribution in [0.15, 0.2) is 35.5 Å². The van der Waals surface area contributed by atoms with E-state index in [-0.39, 0.29) is 27.7 Å². The van der Waals surface area contributed by atoms with Crippen molar-refractivity contribution in [1.29, 1.82) is 10.5 Å². The van der Waals surface area contributed by atoms with Crippen LogP contribution in [0.25, 0.3) is 0 Å². The van der Waals surface area contributed by atoms with Crippen LogP contribution >= 0.6 is 11.6 Å². The molecule has 1 heterocycles. The fourth-order valence-electron chi connectivity index (χ4n) is 1.56. The average Bonchev–Trinajstić information content (AvgIpc) is 2.49. The molecule has 0 saturated carbocycles. The van der Waals surface area contributed by atoms with E-state index in [0.717, 1.165) is 6.07 Å². The van der Waals surface area contributed by atoms with Crippen LogP contribution in [-0.2, 0) is 0 Å². The first-order chi connectivity index (χ1) is 10.1. The summed E-state index contributed by atoms with van der Waals surface area (Å²) in [5.74, 6) is -1.04. The third-order valence-electron chi connectivity index (χ3n) is 2.54. The van der Waals surface area contributed by atoms with Crippen molar-refractivity contribution >= 4 is 23.0 Å². The van der Waals surface area contributed by atoms with Crippen LogP contribution in [0.1, 0.15) is 11.3 Å². The van der Waals surface area contributed by atoms with Crippen molar-refractivity contribution in [2.24, 2.45) is 4.99 Å². The lowest BCUT2D eigenvalue weighted by molar-refractivity contribution is 0.469. The number of pyridine rings is 1. The Kier molecular flexibility index (Phi) is 4.13. The Morgan fingerprint density at radius 2 is 2.10 bits per heavy atom. The summed E-state index contributed by atoms with van der Waals surface area (Å²) in [6, 6.07) is 8.56. The molecule has 1 aromatic heterocycles. The van der Waals surface area contributed by atoms with Gasteiger partial charge in [-0.25, -0.2) is 14.4 Å². The first kappa shape index (κ1) is 14.4. The van der Waals surface area contributed by atoms with Crippen LogP contribution in [-0.4, -0.2) is 15.8 Å². The van der Waals surface area contributed by atoms with Gasteiger partial charge in [-0.15, -0.1) is 0 Å². The summed E-state index contributed by atoms with van der Waals surface area (Å²) in [6.45, 7) is 0. The molecule has 1 N–H and O–H groups in total. The van der Waals surface area contributed by atoms with E-state index in [1.165, 1.54) is 24.4 Å². The highest BCUT2D eigenvalue weighted by molar-refractivity contribution is 6.31. The average molecular weight is 301 g/mol. The van der Waals surface area contributed by atoms with Crippen molar-refractivity contribution in [1.82, 2.24) is 4.98 Å². The third-order valence-corrected chi connectivity index (χ3v) is 2.82. The molecule has 0 amide bonds. The van der Waals surface area contributed by atoms with Crippen LogP contribution in [0.2, 0.25) is 5.02 Å². The second-order valence-electron chi connectivity index (χ2n) is 3.84. The minimum Gasteiger partial charge on any atom is -0.504 e. The lowest BCUT2D eigenvalue weighted by Crippen LogP contribution is -2.00. The number of benzene rings is 1.